The first kappa shape index (κ1) is 19.0. The van der Waals surface area contributed by atoms with Gasteiger partial charge >= 0.3 is 0 Å². The number of nitrogens with two attached hydrogens (primary N) is 2. The highest BCUT2D eigenvalue weighted by molar-refractivity contribution is 5.22. The molecule has 0 saturated heterocycles. The molecule has 1 heterocycles. The Hall–Kier alpha value is -1.06. The van der Waals surface area contributed by atoms with Crippen molar-refractivity contribution in [2.75, 3.05) is 13.1 Å². The average Bonchev–Trinajstić information content (AvgIpc) is 2.82. The quantitative estimate of drug-likeness (QED) is 0.451. The van der Waals surface area contributed by atoms with E-state index >= 15 is 0 Å². The highest BCUT2D eigenvalue weighted by Gasteiger charge is 2.13. The maximum absolute atomic E-state index is 5.69. The van der Waals surface area contributed by atoms with E-state index in [1.54, 1.807) is 0 Å². The predicted molar refractivity (Wildman–Crippen MR) is 97.3 cm³/mol. The first-order chi connectivity index (χ1) is 10.9. The van der Waals surface area contributed by atoms with Gasteiger partial charge in [-0.05, 0) is 56.8 Å². The fourth-order valence-corrected chi connectivity index (χ4v) is 2.96. The second-order valence-corrected chi connectivity index (χ2v) is 6.19. The lowest BCUT2D eigenvalue weighted by Crippen LogP contribution is -2.17. The molecule has 0 bridgehead atoms. The van der Waals surface area contributed by atoms with Crippen LogP contribution >= 0.6 is 0 Å². The molecule has 0 fully saturated rings. The SMILES string of the molecule is NCCCCCCCCCC(CCCN)C1=CC=CC=CN1. The van der Waals surface area contributed by atoms with Crippen LogP contribution in [-0.2, 0) is 0 Å². The molecule has 0 aliphatic carbocycles. The maximum Gasteiger partial charge on any atom is 0.0178 e. The summed E-state index contributed by atoms with van der Waals surface area (Å²) in [6.45, 7) is 1.63. The van der Waals surface area contributed by atoms with E-state index in [2.05, 4.69) is 23.5 Å². The second kappa shape index (κ2) is 13.6. The summed E-state index contributed by atoms with van der Waals surface area (Å²) >= 11 is 0. The van der Waals surface area contributed by atoms with Gasteiger partial charge in [-0.1, -0.05) is 50.7 Å². The van der Waals surface area contributed by atoms with Gasteiger partial charge in [0.15, 0.2) is 0 Å². The van der Waals surface area contributed by atoms with Crippen molar-refractivity contribution < 1.29 is 0 Å². The fourth-order valence-electron chi connectivity index (χ4n) is 2.96. The number of unbranched alkanes of at least 4 members (excludes halogenated alkanes) is 6. The Morgan fingerprint density at radius 1 is 0.727 bits per heavy atom. The van der Waals surface area contributed by atoms with Crippen molar-refractivity contribution in [2.45, 2.75) is 64.2 Å². The van der Waals surface area contributed by atoms with Gasteiger partial charge in [-0.3, -0.25) is 0 Å². The first-order valence-corrected chi connectivity index (χ1v) is 9.08. The molecule has 1 aliphatic rings. The minimum Gasteiger partial charge on any atom is -0.365 e. The lowest BCUT2D eigenvalue weighted by atomic mass is 9.92. The average molecular weight is 306 g/mol. The van der Waals surface area contributed by atoms with Crippen molar-refractivity contribution in [1.29, 1.82) is 0 Å². The molecule has 0 saturated carbocycles. The van der Waals surface area contributed by atoms with E-state index in [1.165, 1.54) is 63.5 Å². The largest absolute Gasteiger partial charge is 0.365 e. The smallest absolute Gasteiger partial charge is 0.0178 e. The summed E-state index contributed by atoms with van der Waals surface area (Å²) in [7, 11) is 0. The van der Waals surface area contributed by atoms with E-state index < -0.39 is 0 Å². The number of nitrogens with one attached hydrogen (secondary N) is 1. The Balaban J connectivity index is 2.22. The van der Waals surface area contributed by atoms with Crippen LogP contribution in [0.1, 0.15) is 64.2 Å². The molecule has 0 aromatic heterocycles. The molecule has 3 heteroatoms. The van der Waals surface area contributed by atoms with E-state index in [1.807, 2.05) is 12.3 Å². The first-order valence-electron chi connectivity index (χ1n) is 9.08. The minimum absolute atomic E-state index is 0.619. The Bertz CT molecular complexity index is 345. The minimum atomic E-state index is 0.619. The third kappa shape index (κ3) is 9.06. The van der Waals surface area contributed by atoms with E-state index in [0.717, 1.165) is 19.5 Å². The summed E-state index contributed by atoms with van der Waals surface area (Å²) in [4.78, 5) is 0. The zero-order valence-corrected chi connectivity index (χ0v) is 14.1. The van der Waals surface area contributed by atoms with Crippen LogP contribution in [0.3, 0.4) is 0 Å². The van der Waals surface area contributed by atoms with Gasteiger partial charge in [0.2, 0.25) is 0 Å². The Morgan fingerprint density at radius 3 is 2.09 bits per heavy atom. The van der Waals surface area contributed by atoms with Crippen molar-refractivity contribution in [3.63, 3.8) is 0 Å². The van der Waals surface area contributed by atoms with Crippen LogP contribution in [0.15, 0.2) is 36.2 Å². The molecule has 0 spiro atoms. The van der Waals surface area contributed by atoms with E-state index in [9.17, 15) is 0 Å². The van der Waals surface area contributed by atoms with Crippen molar-refractivity contribution >= 4 is 0 Å². The van der Waals surface area contributed by atoms with E-state index in [0.29, 0.717) is 5.92 Å². The molecule has 0 amide bonds. The summed E-state index contributed by atoms with van der Waals surface area (Å²) in [5.41, 5.74) is 12.6. The standard InChI is InChI=1S/C19H35N3/c20-15-9-5-3-1-2-4-7-12-18(13-11-16-21)19-14-8-6-10-17-22-19/h6,8,10,14,17-18,22H,1-5,7,9,11-13,15-16,20-21H2. The van der Waals surface area contributed by atoms with Crippen LogP contribution in [0.4, 0.5) is 0 Å². The summed E-state index contributed by atoms with van der Waals surface area (Å²) < 4.78 is 0. The maximum atomic E-state index is 5.69. The molecule has 126 valence electrons. The summed E-state index contributed by atoms with van der Waals surface area (Å²) in [6, 6.07) is 0. The van der Waals surface area contributed by atoms with Crippen LogP contribution in [-0.4, -0.2) is 13.1 Å². The van der Waals surface area contributed by atoms with Crippen LogP contribution in [0, 0.1) is 5.92 Å². The van der Waals surface area contributed by atoms with Crippen molar-refractivity contribution in [2.24, 2.45) is 17.4 Å². The number of allylic oxidation sites excluding steroid dienone is 5. The van der Waals surface area contributed by atoms with Crippen molar-refractivity contribution in [3.05, 3.63) is 36.2 Å². The molecular weight excluding hydrogens is 270 g/mol. The van der Waals surface area contributed by atoms with Gasteiger partial charge in [0.1, 0.15) is 0 Å². The Morgan fingerprint density at radius 2 is 1.36 bits per heavy atom. The molecule has 1 rings (SSSR count). The van der Waals surface area contributed by atoms with Gasteiger partial charge in [-0.25, -0.2) is 0 Å². The number of hydrogen-bond donors (Lipinski definition) is 3. The van der Waals surface area contributed by atoms with Crippen molar-refractivity contribution in [3.8, 4) is 0 Å². The van der Waals surface area contributed by atoms with Crippen LogP contribution in [0.5, 0.6) is 0 Å². The summed E-state index contributed by atoms with van der Waals surface area (Å²) in [5, 5.41) is 3.43. The third-order valence-corrected chi connectivity index (χ3v) is 4.30. The van der Waals surface area contributed by atoms with E-state index in [-0.39, 0.29) is 0 Å². The van der Waals surface area contributed by atoms with Gasteiger partial charge in [0.25, 0.3) is 0 Å². The molecular formula is C19H35N3. The Labute approximate surface area is 136 Å². The third-order valence-electron chi connectivity index (χ3n) is 4.30. The number of rotatable bonds is 13. The zero-order chi connectivity index (χ0) is 15.9. The molecule has 5 N–H and O–H groups in total. The lowest BCUT2D eigenvalue weighted by Gasteiger charge is -2.20. The molecule has 1 atom stereocenters. The fraction of sp³-hybridized carbons (Fsp3) is 0.684. The van der Waals surface area contributed by atoms with E-state index in [4.69, 9.17) is 11.5 Å². The summed E-state index contributed by atoms with van der Waals surface area (Å²) in [6.07, 6.45) is 23.3. The van der Waals surface area contributed by atoms with Crippen LogP contribution in [0.2, 0.25) is 0 Å². The van der Waals surface area contributed by atoms with Gasteiger partial charge in [-0.2, -0.15) is 0 Å². The highest BCUT2D eigenvalue weighted by atomic mass is 14.9. The van der Waals surface area contributed by atoms with Crippen LogP contribution < -0.4 is 16.8 Å². The Kier molecular flexibility index (Phi) is 11.7. The molecule has 0 radical (unpaired) electrons. The van der Waals surface area contributed by atoms with Crippen LogP contribution in [0.25, 0.3) is 0 Å². The topological polar surface area (TPSA) is 64.1 Å². The summed E-state index contributed by atoms with van der Waals surface area (Å²) in [5.74, 6) is 0.619. The molecule has 0 aromatic carbocycles. The molecule has 22 heavy (non-hydrogen) atoms. The normalized spacial score (nSPS) is 15.3. The monoisotopic (exact) mass is 305 g/mol. The van der Waals surface area contributed by atoms with Gasteiger partial charge in [0, 0.05) is 11.9 Å². The molecule has 3 nitrogen and oxygen atoms in total. The number of hydrogen-bond acceptors (Lipinski definition) is 3. The predicted octanol–water partition coefficient (Wildman–Crippen LogP) is 3.98. The highest BCUT2D eigenvalue weighted by Crippen LogP contribution is 2.23. The van der Waals surface area contributed by atoms with Gasteiger partial charge in [-0.15, -0.1) is 0 Å². The van der Waals surface area contributed by atoms with Gasteiger partial charge < -0.3 is 16.8 Å². The van der Waals surface area contributed by atoms with Gasteiger partial charge in [0.05, 0.1) is 0 Å². The molecule has 0 aromatic rings. The van der Waals surface area contributed by atoms with Crippen molar-refractivity contribution in [1.82, 2.24) is 5.32 Å². The lowest BCUT2D eigenvalue weighted by molar-refractivity contribution is 0.452. The second-order valence-electron chi connectivity index (χ2n) is 6.19. The molecule has 1 unspecified atom stereocenters. The molecule has 1 aliphatic heterocycles. The zero-order valence-electron chi connectivity index (χ0n) is 14.1.